The van der Waals surface area contributed by atoms with E-state index in [2.05, 4.69) is 12.0 Å². The monoisotopic (exact) mass is 255 g/mol. The molecule has 0 aliphatic heterocycles. The molecule has 0 radical (unpaired) electrons. The van der Waals surface area contributed by atoms with Crippen LogP contribution in [0.5, 0.6) is 0 Å². The number of anilines is 1. The molecule has 4 heteroatoms. The van der Waals surface area contributed by atoms with E-state index in [4.69, 9.17) is 5.73 Å². The second kappa shape index (κ2) is 6.00. The van der Waals surface area contributed by atoms with E-state index in [0.717, 1.165) is 18.5 Å². The predicted octanol–water partition coefficient (Wildman–Crippen LogP) is 2.77. The number of carbonyl (C=O) groups is 1. The van der Waals surface area contributed by atoms with Gasteiger partial charge >= 0.3 is 0 Å². The quantitative estimate of drug-likeness (QED) is 0.507. The minimum atomic E-state index is -0.0424. The van der Waals surface area contributed by atoms with Crippen LogP contribution in [-0.2, 0) is 6.54 Å². The summed E-state index contributed by atoms with van der Waals surface area (Å²) in [7, 11) is 0. The molecule has 1 aromatic carbocycles. The summed E-state index contributed by atoms with van der Waals surface area (Å²) < 4.78 is 1.78. The predicted molar refractivity (Wildman–Crippen MR) is 76.7 cm³/mol. The number of ketones is 1. The number of hydrogen-bond donors (Lipinski definition) is 1. The zero-order chi connectivity index (χ0) is 13.7. The van der Waals surface area contributed by atoms with E-state index in [-0.39, 0.29) is 5.78 Å². The van der Waals surface area contributed by atoms with E-state index in [9.17, 15) is 4.79 Å². The van der Waals surface area contributed by atoms with Crippen molar-refractivity contribution < 1.29 is 4.79 Å². The van der Waals surface area contributed by atoms with Gasteiger partial charge in [-0.3, -0.25) is 9.48 Å². The molecular formula is C15H17N3O. The third-order valence-electron chi connectivity index (χ3n) is 2.73. The first-order valence-corrected chi connectivity index (χ1v) is 6.29. The van der Waals surface area contributed by atoms with Crippen LogP contribution in [0.2, 0.25) is 0 Å². The van der Waals surface area contributed by atoms with Crippen LogP contribution in [0.4, 0.5) is 5.69 Å². The minimum absolute atomic E-state index is 0.0424. The lowest BCUT2D eigenvalue weighted by atomic mass is 10.1. The molecule has 1 heterocycles. The van der Waals surface area contributed by atoms with Gasteiger partial charge in [0.25, 0.3) is 0 Å². The summed E-state index contributed by atoms with van der Waals surface area (Å²) >= 11 is 0. The molecule has 0 amide bonds. The van der Waals surface area contributed by atoms with Crippen molar-refractivity contribution in [1.29, 1.82) is 0 Å². The fourth-order valence-electron chi connectivity index (χ4n) is 1.72. The summed E-state index contributed by atoms with van der Waals surface area (Å²) in [6, 6.07) is 7.37. The van der Waals surface area contributed by atoms with Gasteiger partial charge in [0.15, 0.2) is 5.78 Å². The van der Waals surface area contributed by atoms with Gasteiger partial charge in [-0.2, -0.15) is 5.10 Å². The fourth-order valence-corrected chi connectivity index (χ4v) is 1.72. The van der Waals surface area contributed by atoms with Crippen molar-refractivity contribution >= 4 is 17.5 Å². The van der Waals surface area contributed by atoms with E-state index < -0.39 is 0 Å². The van der Waals surface area contributed by atoms with Gasteiger partial charge in [0, 0.05) is 18.4 Å². The molecule has 0 bridgehead atoms. The lowest BCUT2D eigenvalue weighted by molar-refractivity contribution is 0.104. The number of hydrogen-bond acceptors (Lipinski definition) is 3. The molecule has 2 rings (SSSR count). The van der Waals surface area contributed by atoms with Crippen LogP contribution in [-0.4, -0.2) is 15.6 Å². The highest BCUT2D eigenvalue weighted by atomic mass is 16.1. The average Bonchev–Trinajstić information content (AvgIpc) is 2.87. The van der Waals surface area contributed by atoms with Crippen molar-refractivity contribution in [2.24, 2.45) is 0 Å². The van der Waals surface area contributed by atoms with Gasteiger partial charge in [0.1, 0.15) is 0 Å². The first-order valence-electron chi connectivity index (χ1n) is 6.29. The summed E-state index contributed by atoms with van der Waals surface area (Å²) in [5.74, 6) is -0.0424. The number of aromatic nitrogens is 2. The smallest absolute Gasteiger partial charge is 0.189 e. The summed E-state index contributed by atoms with van der Waals surface area (Å²) in [4.78, 5) is 11.9. The van der Waals surface area contributed by atoms with E-state index in [1.54, 1.807) is 29.2 Å². The number of aryl methyl sites for hydroxylation is 1. The van der Waals surface area contributed by atoms with Crippen LogP contribution >= 0.6 is 0 Å². The van der Waals surface area contributed by atoms with E-state index in [0.29, 0.717) is 11.3 Å². The number of allylic oxidation sites excluding steroid dienone is 1. The van der Waals surface area contributed by atoms with Crippen molar-refractivity contribution in [1.82, 2.24) is 9.78 Å². The van der Waals surface area contributed by atoms with Crippen molar-refractivity contribution in [3.63, 3.8) is 0 Å². The molecule has 0 spiro atoms. The summed E-state index contributed by atoms with van der Waals surface area (Å²) in [6.07, 6.45) is 7.71. The van der Waals surface area contributed by atoms with Gasteiger partial charge in [0.05, 0.1) is 11.8 Å². The molecule has 2 aromatic rings. The topological polar surface area (TPSA) is 60.9 Å². The fraction of sp³-hybridized carbons (Fsp3) is 0.200. The van der Waals surface area contributed by atoms with E-state index >= 15 is 0 Å². The molecule has 0 fully saturated rings. The van der Waals surface area contributed by atoms with Gasteiger partial charge in [-0.1, -0.05) is 25.1 Å². The Morgan fingerprint density at radius 3 is 2.79 bits per heavy atom. The number of benzene rings is 1. The maximum absolute atomic E-state index is 11.9. The molecular weight excluding hydrogens is 238 g/mol. The Hall–Kier alpha value is -2.36. The Labute approximate surface area is 112 Å². The molecule has 0 aliphatic rings. The zero-order valence-corrected chi connectivity index (χ0v) is 10.9. The first-order chi connectivity index (χ1) is 9.19. The van der Waals surface area contributed by atoms with Crippen LogP contribution in [0.25, 0.3) is 6.08 Å². The second-order valence-corrected chi connectivity index (χ2v) is 4.36. The molecule has 1 aromatic heterocycles. The lowest BCUT2D eigenvalue weighted by Crippen LogP contribution is -1.96. The molecule has 0 saturated heterocycles. The summed E-state index contributed by atoms with van der Waals surface area (Å²) in [5, 5.41) is 4.14. The number of rotatable bonds is 5. The molecule has 4 nitrogen and oxygen atoms in total. The molecule has 0 atom stereocenters. The molecule has 0 aliphatic carbocycles. The van der Waals surface area contributed by atoms with Gasteiger partial charge in [-0.05, 0) is 30.2 Å². The SMILES string of the molecule is CCCn1cc(C(=O)/C=C/c2ccc(N)cc2)cn1. The Bertz CT molecular complexity index is 582. The maximum atomic E-state index is 11.9. The van der Waals surface area contributed by atoms with Crippen LogP contribution in [0.1, 0.15) is 29.3 Å². The van der Waals surface area contributed by atoms with Crippen molar-refractivity contribution in [2.45, 2.75) is 19.9 Å². The maximum Gasteiger partial charge on any atom is 0.189 e. The molecule has 0 unspecified atom stereocenters. The highest BCUT2D eigenvalue weighted by Gasteiger charge is 2.04. The Balaban J connectivity index is 2.05. The number of nitrogens with two attached hydrogens (primary N) is 1. The standard InChI is InChI=1S/C15H17N3O/c1-2-9-18-11-13(10-17-18)15(19)8-5-12-3-6-14(16)7-4-12/h3-8,10-11H,2,9,16H2,1H3/b8-5+. The summed E-state index contributed by atoms with van der Waals surface area (Å²) in [5.41, 5.74) is 7.87. The molecule has 98 valence electrons. The van der Waals surface area contributed by atoms with Gasteiger partial charge in [-0.25, -0.2) is 0 Å². The van der Waals surface area contributed by atoms with Crippen molar-refractivity contribution in [2.75, 3.05) is 5.73 Å². The number of nitrogens with zero attached hydrogens (tertiary/aromatic N) is 2. The van der Waals surface area contributed by atoms with Crippen LogP contribution in [0, 0.1) is 0 Å². The second-order valence-electron chi connectivity index (χ2n) is 4.36. The van der Waals surface area contributed by atoms with E-state index in [1.165, 1.54) is 0 Å². The minimum Gasteiger partial charge on any atom is -0.399 e. The first kappa shape index (κ1) is 13.1. The number of nitrogen functional groups attached to an aromatic ring is 1. The van der Waals surface area contributed by atoms with Crippen molar-refractivity contribution in [3.8, 4) is 0 Å². The Morgan fingerprint density at radius 2 is 2.11 bits per heavy atom. The molecule has 2 N–H and O–H groups in total. The van der Waals surface area contributed by atoms with Gasteiger partial charge < -0.3 is 5.73 Å². The number of carbonyl (C=O) groups excluding carboxylic acids is 1. The zero-order valence-electron chi connectivity index (χ0n) is 10.9. The Kier molecular flexibility index (Phi) is 4.13. The average molecular weight is 255 g/mol. The van der Waals surface area contributed by atoms with E-state index in [1.807, 2.05) is 24.3 Å². The van der Waals surface area contributed by atoms with Gasteiger partial charge in [0.2, 0.25) is 0 Å². The lowest BCUT2D eigenvalue weighted by Gasteiger charge is -1.95. The Morgan fingerprint density at radius 1 is 1.37 bits per heavy atom. The van der Waals surface area contributed by atoms with Crippen LogP contribution in [0.15, 0.2) is 42.7 Å². The highest BCUT2D eigenvalue weighted by Crippen LogP contribution is 2.08. The highest BCUT2D eigenvalue weighted by molar-refractivity contribution is 6.06. The third kappa shape index (κ3) is 3.55. The molecule has 19 heavy (non-hydrogen) atoms. The summed E-state index contributed by atoms with van der Waals surface area (Å²) in [6.45, 7) is 2.90. The largest absolute Gasteiger partial charge is 0.399 e. The van der Waals surface area contributed by atoms with Gasteiger partial charge in [-0.15, -0.1) is 0 Å². The normalized spacial score (nSPS) is 11.0. The molecule has 0 saturated carbocycles. The van der Waals surface area contributed by atoms with Crippen LogP contribution in [0.3, 0.4) is 0 Å². The van der Waals surface area contributed by atoms with Crippen LogP contribution < -0.4 is 5.73 Å². The van der Waals surface area contributed by atoms with Crippen molar-refractivity contribution in [3.05, 3.63) is 53.9 Å². The third-order valence-corrected chi connectivity index (χ3v) is 2.73.